The summed E-state index contributed by atoms with van der Waals surface area (Å²) in [5.74, 6) is 3.91. The van der Waals surface area contributed by atoms with E-state index in [0.29, 0.717) is 6.10 Å². The van der Waals surface area contributed by atoms with Crippen LogP contribution < -0.4 is 0 Å². The molecule has 1 nitrogen and oxygen atoms in total. The van der Waals surface area contributed by atoms with E-state index < -0.39 is 0 Å². The van der Waals surface area contributed by atoms with Crippen LogP contribution in [0.3, 0.4) is 0 Å². The molecule has 1 atom stereocenters. The summed E-state index contributed by atoms with van der Waals surface area (Å²) in [5.41, 5.74) is 2.97. The number of benzene rings is 1. The van der Waals surface area contributed by atoms with Crippen LogP contribution in [0.4, 0.5) is 0 Å². The lowest BCUT2D eigenvalue weighted by Gasteiger charge is -2.38. The minimum Gasteiger partial charge on any atom is -0.373 e. The fourth-order valence-corrected chi connectivity index (χ4v) is 5.37. The standard InChI is InChI=1S/C23H34O/c1-17-2-7-19(8-3-17)21-11-13-22(14-12-21)20-9-4-18(5-10-20)6-15-23-16-24-23/h2-3,7-8,18,20-23H,4-6,9-16H2,1H3. The van der Waals surface area contributed by atoms with Gasteiger partial charge >= 0.3 is 0 Å². The number of epoxide rings is 1. The van der Waals surface area contributed by atoms with Gasteiger partial charge in [-0.1, -0.05) is 42.7 Å². The van der Waals surface area contributed by atoms with Crippen molar-refractivity contribution in [3.05, 3.63) is 35.4 Å². The van der Waals surface area contributed by atoms with Crippen LogP contribution in [-0.2, 0) is 4.74 Å². The molecule has 1 aromatic carbocycles. The van der Waals surface area contributed by atoms with Crippen molar-refractivity contribution in [1.29, 1.82) is 0 Å². The maximum Gasteiger partial charge on any atom is 0.0810 e. The monoisotopic (exact) mass is 326 g/mol. The molecule has 0 bridgehead atoms. The van der Waals surface area contributed by atoms with E-state index >= 15 is 0 Å². The highest BCUT2D eigenvalue weighted by atomic mass is 16.6. The molecule has 0 radical (unpaired) electrons. The van der Waals surface area contributed by atoms with E-state index in [2.05, 4.69) is 31.2 Å². The van der Waals surface area contributed by atoms with Crippen LogP contribution in [0, 0.1) is 24.7 Å². The number of ether oxygens (including phenoxy) is 1. The summed E-state index contributed by atoms with van der Waals surface area (Å²) < 4.78 is 5.37. The molecule has 1 aliphatic heterocycles. The van der Waals surface area contributed by atoms with Crippen LogP contribution in [0.15, 0.2) is 24.3 Å². The third-order valence-electron chi connectivity index (χ3n) is 7.18. The predicted molar refractivity (Wildman–Crippen MR) is 100 cm³/mol. The van der Waals surface area contributed by atoms with Gasteiger partial charge < -0.3 is 4.74 Å². The zero-order valence-electron chi connectivity index (χ0n) is 15.4. The van der Waals surface area contributed by atoms with E-state index in [4.69, 9.17) is 4.74 Å². The smallest absolute Gasteiger partial charge is 0.0810 e. The van der Waals surface area contributed by atoms with Crippen molar-refractivity contribution in [2.24, 2.45) is 17.8 Å². The van der Waals surface area contributed by atoms with Gasteiger partial charge in [-0.3, -0.25) is 0 Å². The highest BCUT2D eigenvalue weighted by Crippen LogP contribution is 2.44. The van der Waals surface area contributed by atoms with Crippen LogP contribution in [0.2, 0.25) is 0 Å². The molecule has 24 heavy (non-hydrogen) atoms. The lowest BCUT2D eigenvalue weighted by atomic mass is 9.68. The zero-order chi connectivity index (χ0) is 16.4. The summed E-state index contributed by atoms with van der Waals surface area (Å²) >= 11 is 0. The summed E-state index contributed by atoms with van der Waals surface area (Å²) in [4.78, 5) is 0. The highest BCUT2D eigenvalue weighted by Gasteiger charge is 2.32. The first-order chi connectivity index (χ1) is 11.8. The molecule has 3 fully saturated rings. The second-order valence-corrected chi connectivity index (χ2v) is 8.84. The summed E-state index contributed by atoms with van der Waals surface area (Å²) in [6.07, 6.45) is 15.2. The Morgan fingerprint density at radius 3 is 1.96 bits per heavy atom. The normalized spacial score (nSPS) is 36.5. The topological polar surface area (TPSA) is 12.5 Å². The van der Waals surface area contributed by atoms with Gasteiger partial charge in [0.2, 0.25) is 0 Å². The molecule has 132 valence electrons. The van der Waals surface area contributed by atoms with Crippen LogP contribution >= 0.6 is 0 Å². The molecule has 1 saturated heterocycles. The van der Waals surface area contributed by atoms with E-state index in [1.54, 1.807) is 5.56 Å². The average Bonchev–Trinajstić information content (AvgIpc) is 3.46. The minimum atomic E-state index is 0.639. The third-order valence-corrected chi connectivity index (χ3v) is 7.18. The number of aryl methyl sites for hydroxylation is 1. The van der Waals surface area contributed by atoms with Crippen molar-refractivity contribution in [2.75, 3.05) is 6.61 Å². The molecule has 1 heteroatoms. The summed E-state index contributed by atoms with van der Waals surface area (Å²) in [7, 11) is 0. The highest BCUT2D eigenvalue weighted by molar-refractivity contribution is 5.24. The molecular formula is C23H34O. The lowest BCUT2D eigenvalue weighted by molar-refractivity contribution is 0.154. The zero-order valence-corrected chi connectivity index (χ0v) is 15.4. The van der Waals surface area contributed by atoms with Crippen LogP contribution in [0.25, 0.3) is 0 Å². The molecule has 1 unspecified atom stereocenters. The number of rotatable bonds is 5. The van der Waals surface area contributed by atoms with Gasteiger partial charge in [0.25, 0.3) is 0 Å². The van der Waals surface area contributed by atoms with Gasteiger partial charge in [-0.15, -0.1) is 0 Å². The Kier molecular flexibility index (Phi) is 5.27. The van der Waals surface area contributed by atoms with Gasteiger partial charge in [0, 0.05) is 0 Å². The quantitative estimate of drug-likeness (QED) is 0.582. The fourth-order valence-electron chi connectivity index (χ4n) is 5.37. The maximum atomic E-state index is 5.37. The molecule has 0 spiro atoms. The molecule has 2 aliphatic carbocycles. The van der Waals surface area contributed by atoms with Crippen LogP contribution in [0.5, 0.6) is 0 Å². The van der Waals surface area contributed by atoms with Gasteiger partial charge in [0.1, 0.15) is 0 Å². The van der Waals surface area contributed by atoms with E-state index in [1.165, 1.54) is 69.8 Å². The van der Waals surface area contributed by atoms with Crippen molar-refractivity contribution in [2.45, 2.75) is 83.2 Å². The summed E-state index contributed by atoms with van der Waals surface area (Å²) in [6, 6.07) is 9.31. The SMILES string of the molecule is Cc1ccc(C2CCC(C3CCC(CCC4CO4)CC3)CC2)cc1. The van der Waals surface area contributed by atoms with Crippen molar-refractivity contribution < 1.29 is 4.74 Å². The Labute approximate surface area is 148 Å². The molecule has 3 aliphatic rings. The van der Waals surface area contributed by atoms with Gasteiger partial charge in [-0.05, 0) is 87.5 Å². The van der Waals surface area contributed by atoms with E-state index in [9.17, 15) is 0 Å². The maximum absolute atomic E-state index is 5.37. The fraction of sp³-hybridized carbons (Fsp3) is 0.739. The average molecular weight is 327 g/mol. The largest absolute Gasteiger partial charge is 0.373 e. The minimum absolute atomic E-state index is 0.639. The van der Waals surface area contributed by atoms with Crippen LogP contribution in [-0.4, -0.2) is 12.7 Å². The molecule has 4 rings (SSSR count). The Balaban J connectivity index is 1.21. The Bertz CT molecular complexity index is 499. The molecule has 0 amide bonds. The van der Waals surface area contributed by atoms with Crippen molar-refractivity contribution in [1.82, 2.24) is 0 Å². The second-order valence-electron chi connectivity index (χ2n) is 8.84. The summed E-state index contributed by atoms with van der Waals surface area (Å²) in [6.45, 7) is 3.23. The van der Waals surface area contributed by atoms with Crippen molar-refractivity contribution in [3.8, 4) is 0 Å². The Morgan fingerprint density at radius 1 is 0.792 bits per heavy atom. The van der Waals surface area contributed by atoms with Gasteiger partial charge in [0.15, 0.2) is 0 Å². The molecule has 2 saturated carbocycles. The molecule has 0 aromatic heterocycles. The first-order valence-electron chi connectivity index (χ1n) is 10.5. The Morgan fingerprint density at radius 2 is 1.38 bits per heavy atom. The molecule has 1 aromatic rings. The van der Waals surface area contributed by atoms with E-state index in [0.717, 1.165) is 30.3 Å². The molecule has 0 N–H and O–H groups in total. The van der Waals surface area contributed by atoms with Gasteiger partial charge in [-0.25, -0.2) is 0 Å². The Hall–Kier alpha value is -0.820. The molecule has 1 heterocycles. The molecular weight excluding hydrogens is 292 g/mol. The number of hydrogen-bond donors (Lipinski definition) is 0. The van der Waals surface area contributed by atoms with Crippen molar-refractivity contribution in [3.63, 3.8) is 0 Å². The van der Waals surface area contributed by atoms with E-state index in [1.807, 2.05) is 0 Å². The van der Waals surface area contributed by atoms with E-state index in [-0.39, 0.29) is 0 Å². The lowest BCUT2D eigenvalue weighted by Crippen LogP contribution is -2.25. The number of hydrogen-bond acceptors (Lipinski definition) is 1. The van der Waals surface area contributed by atoms with Gasteiger partial charge in [0.05, 0.1) is 12.7 Å². The first-order valence-corrected chi connectivity index (χ1v) is 10.5. The van der Waals surface area contributed by atoms with Gasteiger partial charge in [-0.2, -0.15) is 0 Å². The predicted octanol–water partition coefficient (Wildman–Crippen LogP) is 6.25. The van der Waals surface area contributed by atoms with Crippen molar-refractivity contribution >= 4 is 0 Å². The first kappa shape index (κ1) is 16.6. The summed E-state index contributed by atoms with van der Waals surface area (Å²) in [5, 5.41) is 0. The van der Waals surface area contributed by atoms with Crippen LogP contribution in [0.1, 0.15) is 81.3 Å². The second kappa shape index (κ2) is 7.60. The third kappa shape index (κ3) is 4.23.